The van der Waals surface area contributed by atoms with Gasteiger partial charge in [0.2, 0.25) is 0 Å². The number of hydrogen-bond acceptors (Lipinski definition) is 5. The molecule has 2 N–H and O–H groups in total. The number of aromatic nitrogens is 1. The quantitative estimate of drug-likeness (QED) is 0.579. The summed E-state index contributed by atoms with van der Waals surface area (Å²) in [6, 6.07) is 3.74. The van der Waals surface area contributed by atoms with E-state index in [0.717, 1.165) is 50.3 Å². The molecule has 0 radical (unpaired) electrons. The van der Waals surface area contributed by atoms with Gasteiger partial charge in [0.15, 0.2) is 0 Å². The molecular weight excluding hydrogens is 362 g/mol. The predicted molar refractivity (Wildman–Crippen MR) is 103 cm³/mol. The van der Waals surface area contributed by atoms with Gasteiger partial charge < -0.3 is 15.1 Å². The molecule has 0 saturated heterocycles. The van der Waals surface area contributed by atoms with Crippen LogP contribution in [-0.2, 0) is 16.0 Å². The normalized spacial score (nSPS) is 19.1. The highest BCUT2D eigenvalue weighted by Gasteiger charge is 2.26. The first-order valence-electron chi connectivity index (χ1n) is 9.07. The zero-order valence-electron chi connectivity index (χ0n) is 15.8. The number of carbonyl (C=O) groups excluding carboxylic acids is 1. The molecule has 2 aliphatic rings. The van der Waals surface area contributed by atoms with Gasteiger partial charge in [0.05, 0.1) is 11.3 Å². The Bertz CT molecular complexity index is 751. The van der Waals surface area contributed by atoms with Crippen LogP contribution >= 0.6 is 0 Å². The fourth-order valence-electron chi connectivity index (χ4n) is 3.21. The standard InChI is InChI=1S/C16H21N3O.C4H4O4/c1-18-12-13(6-10-19-8-2-3-9-19)11-15-14(16(18)20)5-4-7-17-15;5-3(6)1-2-4(7)8/h2-5,7,13H,6,8-12H2,1H3;1-2H,(H,5,6)(H,7,8). The van der Waals surface area contributed by atoms with E-state index in [0.29, 0.717) is 18.1 Å². The lowest BCUT2D eigenvalue weighted by atomic mass is 9.98. The molecule has 28 heavy (non-hydrogen) atoms. The molecule has 0 aromatic carbocycles. The van der Waals surface area contributed by atoms with Crippen molar-refractivity contribution in [2.24, 2.45) is 5.92 Å². The van der Waals surface area contributed by atoms with Gasteiger partial charge in [-0.05, 0) is 37.4 Å². The van der Waals surface area contributed by atoms with Crippen LogP contribution in [0.1, 0.15) is 22.5 Å². The topological polar surface area (TPSA) is 111 Å². The van der Waals surface area contributed by atoms with E-state index >= 15 is 0 Å². The first kappa shape index (κ1) is 21.3. The van der Waals surface area contributed by atoms with Gasteiger partial charge >= 0.3 is 11.9 Å². The third-order valence-corrected chi connectivity index (χ3v) is 4.60. The fraction of sp³-hybridized carbons (Fsp3) is 0.400. The molecule has 3 rings (SSSR count). The first-order chi connectivity index (χ1) is 13.4. The monoisotopic (exact) mass is 387 g/mol. The number of fused-ring (bicyclic) bond motifs is 1. The molecule has 150 valence electrons. The minimum Gasteiger partial charge on any atom is -0.478 e. The molecule has 1 atom stereocenters. The van der Waals surface area contributed by atoms with E-state index < -0.39 is 11.9 Å². The van der Waals surface area contributed by atoms with E-state index in [1.807, 2.05) is 24.1 Å². The molecule has 1 aromatic rings. The highest BCUT2D eigenvalue weighted by atomic mass is 16.4. The predicted octanol–water partition coefficient (Wildman–Crippen LogP) is 1.30. The van der Waals surface area contributed by atoms with Crippen LogP contribution in [0.3, 0.4) is 0 Å². The Kier molecular flexibility index (Phi) is 7.88. The van der Waals surface area contributed by atoms with Crippen LogP contribution in [0.25, 0.3) is 0 Å². The number of carboxylic acid groups (broad SMARTS) is 2. The van der Waals surface area contributed by atoms with Crippen LogP contribution < -0.4 is 0 Å². The molecule has 0 aliphatic carbocycles. The highest BCUT2D eigenvalue weighted by molar-refractivity contribution is 5.95. The van der Waals surface area contributed by atoms with Crippen molar-refractivity contribution in [3.63, 3.8) is 0 Å². The van der Waals surface area contributed by atoms with E-state index in [9.17, 15) is 14.4 Å². The first-order valence-corrected chi connectivity index (χ1v) is 9.07. The van der Waals surface area contributed by atoms with Crippen LogP contribution in [0.2, 0.25) is 0 Å². The van der Waals surface area contributed by atoms with Gasteiger partial charge in [0.25, 0.3) is 5.91 Å². The average molecular weight is 387 g/mol. The molecule has 8 nitrogen and oxygen atoms in total. The smallest absolute Gasteiger partial charge is 0.328 e. The Morgan fingerprint density at radius 1 is 1.21 bits per heavy atom. The van der Waals surface area contributed by atoms with Crippen molar-refractivity contribution < 1.29 is 24.6 Å². The van der Waals surface area contributed by atoms with Gasteiger partial charge in [0, 0.05) is 45.0 Å². The Morgan fingerprint density at radius 2 is 1.86 bits per heavy atom. The second-order valence-electron chi connectivity index (χ2n) is 6.78. The van der Waals surface area contributed by atoms with Crippen LogP contribution in [-0.4, -0.2) is 76.1 Å². The zero-order chi connectivity index (χ0) is 20.5. The summed E-state index contributed by atoms with van der Waals surface area (Å²) < 4.78 is 0. The number of hydrogen-bond donors (Lipinski definition) is 2. The van der Waals surface area contributed by atoms with Crippen molar-refractivity contribution in [3.8, 4) is 0 Å². The summed E-state index contributed by atoms with van der Waals surface area (Å²) in [5.41, 5.74) is 1.74. The van der Waals surface area contributed by atoms with Crippen LogP contribution in [0, 0.1) is 5.92 Å². The van der Waals surface area contributed by atoms with Crippen LogP contribution in [0.5, 0.6) is 0 Å². The second kappa shape index (κ2) is 10.4. The third kappa shape index (κ3) is 6.62. The summed E-state index contributed by atoms with van der Waals surface area (Å²) in [6.45, 7) is 4.06. The van der Waals surface area contributed by atoms with Gasteiger partial charge in [-0.25, -0.2) is 9.59 Å². The Balaban J connectivity index is 0.000000300. The number of carbonyl (C=O) groups is 3. The summed E-state index contributed by atoms with van der Waals surface area (Å²) in [7, 11) is 1.90. The Hall–Kier alpha value is -3.00. The summed E-state index contributed by atoms with van der Waals surface area (Å²) in [5.74, 6) is -1.90. The maximum absolute atomic E-state index is 12.3. The molecule has 0 fully saturated rings. The van der Waals surface area contributed by atoms with Gasteiger partial charge in [-0.15, -0.1) is 0 Å². The van der Waals surface area contributed by atoms with Crippen molar-refractivity contribution in [3.05, 3.63) is 53.9 Å². The number of amides is 1. The lowest BCUT2D eigenvalue weighted by Crippen LogP contribution is -2.31. The third-order valence-electron chi connectivity index (χ3n) is 4.60. The molecule has 8 heteroatoms. The minimum atomic E-state index is -1.26. The van der Waals surface area contributed by atoms with Crippen molar-refractivity contribution in [1.82, 2.24) is 14.8 Å². The summed E-state index contributed by atoms with van der Waals surface area (Å²) in [6.07, 6.45) is 9.38. The van der Waals surface area contributed by atoms with E-state index in [1.54, 1.807) is 6.20 Å². The van der Waals surface area contributed by atoms with E-state index in [2.05, 4.69) is 22.0 Å². The van der Waals surface area contributed by atoms with Crippen LogP contribution in [0.4, 0.5) is 0 Å². The number of aliphatic carboxylic acids is 2. The second-order valence-corrected chi connectivity index (χ2v) is 6.78. The minimum absolute atomic E-state index is 0.110. The molecule has 2 aliphatic heterocycles. The summed E-state index contributed by atoms with van der Waals surface area (Å²) in [5, 5.41) is 15.6. The lowest BCUT2D eigenvalue weighted by Gasteiger charge is -2.22. The molecular formula is C20H25N3O5. The molecule has 3 heterocycles. The number of carboxylic acids is 2. The van der Waals surface area contributed by atoms with Gasteiger partial charge in [-0.1, -0.05) is 12.2 Å². The van der Waals surface area contributed by atoms with Gasteiger partial charge in [0.1, 0.15) is 0 Å². The molecule has 1 amide bonds. The van der Waals surface area contributed by atoms with Gasteiger partial charge in [-0.2, -0.15) is 0 Å². The van der Waals surface area contributed by atoms with Gasteiger partial charge in [-0.3, -0.25) is 14.7 Å². The Labute approximate surface area is 163 Å². The van der Waals surface area contributed by atoms with Crippen molar-refractivity contribution in [2.45, 2.75) is 12.8 Å². The number of nitrogens with zero attached hydrogens (tertiary/aromatic N) is 3. The molecule has 1 aromatic heterocycles. The van der Waals surface area contributed by atoms with Crippen molar-refractivity contribution in [1.29, 1.82) is 0 Å². The number of rotatable bonds is 5. The maximum Gasteiger partial charge on any atom is 0.328 e. The SMILES string of the molecule is CN1CC(CCN2CC=CC2)Cc2ncccc2C1=O.O=C(O)C=CC(=O)O. The average Bonchev–Trinajstić information content (AvgIpc) is 3.14. The highest BCUT2D eigenvalue weighted by Crippen LogP contribution is 2.22. The molecule has 0 saturated carbocycles. The molecule has 0 spiro atoms. The summed E-state index contributed by atoms with van der Waals surface area (Å²) in [4.78, 5) is 40.1. The number of pyridine rings is 1. The zero-order valence-corrected chi connectivity index (χ0v) is 15.8. The lowest BCUT2D eigenvalue weighted by molar-refractivity contribution is -0.134. The largest absolute Gasteiger partial charge is 0.478 e. The van der Waals surface area contributed by atoms with Crippen molar-refractivity contribution >= 4 is 17.8 Å². The molecule has 0 bridgehead atoms. The van der Waals surface area contributed by atoms with E-state index in [4.69, 9.17) is 10.2 Å². The maximum atomic E-state index is 12.3. The molecule has 1 unspecified atom stereocenters. The van der Waals surface area contributed by atoms with E-state index in [-0.39, 0.29) is 5.91 Å². The fourth-order valence-corrected chi connectivity index (χ4v) is 3.21. The van der Waals surface area contributed by atoms with Crippen molar-refractivity contribution in [2.75, 3.05) is 33.2 Å². The van der Waals surface area contributed by atoms with Crippen LogP contribution in [0.15, 0.2) is 42.6 Å². The van der Waals surface area contributed by atoms with E-state index in [1.165, 1.54) is 0 Å². The summed E-state index contributed by atoms with van der Waals surface area (Å²) >= 11 is 0. The Morgan fingerprint density at radius 3 is 2.46 bits per heavy atom.